The Morgan fingerprint density at radius 2 is 0.471 bits per heavy atom. The van der Waals surface area contributed by atoms with Gasteiger partial charge in [0.05, 0.1) is 0 Å². The molecular formula is C46H88O14Si8. The first kappa shape index (κ1) is 51.3. The van der Waals surface area contributed by atoms with Gasteiger partial charge in [-0.2, -0.15) is 0 Å². The summed E-state index contributed by atoms with van der Waals surface area (Å²) in [5.41, 5.74) is -0.774. The van der Waals surface area contributed by atoms with Crippen molar-refractivity contribution in [3.8, 4) is 0 Å². The molecule has 1 N–H and O–H groups in total. The van der Waals surface area contributed by atoms with E-state index in [1.807, 2.05) is 13.8 Å². The van der Waals surface area contributed by atoms with Gasteiger partial charge in [-0.15, -0.1) is 0 Å². The van der Waals surface area contributed by atoms with Crippen LogP contribution in [0.4, 0.5) is 0 Å². The first-order valence-electron chi connectivity index (χ1n) is 28.9. The largest absolute Gasteiger partial charge is 0.664 e. The Morgan fingerprint density at radius 3 is 0.691 bits per heavy atom. The number of fused-ring (bicyclic) bond motifs is 4. The molecule has 14 nitrogen and oxygen atoms in total. The Balaban J connectivity index is 1.25. The quantitative estimate of drug-likeness (QED) is 0.196. The predicted octanol–water partition coefficient (Wildman–Crippen LogP) is 12.6. The molecule has 22 heteroatoms. The molecule has 0 aromatic rings. The molecule has 0 spiro atoms. The molecule has 68 heavy (non-hydrogen) atoms. The molecule has 11 fully saturated rings. The molecular weight excluding hydrogens is 1000 g/mol. The molecule has 4 aliphatic heterocycles. The summed E-state index contributed by atoms with van der Waals surface area (Å²) in [7, 11) is -34.0. The maximum absolute atomic E-state index is 14.4. The van der Waals surface area contributed by atoms with Crippen LogP contribution in [-0.2, 0) is 54.1 Å². The van der Waals surface area contributed by atoms with Gasteiger partial charge in [-0.25, -0.2) is 0 Å². The third-order valence-electron chi connectivity index (χ3n) is 18.5. The van der Waals surface area contributed by atoms with Crippen LogP contribution in [0, 0.1) is 0 Å². The lowest BCUT2D eigenvalue weighted by atomic mass is 10.0. The van der Waals surface area contributed by atoms with Crippen LogP contribution in [-0.4, -0.2) is 88.7 Å². The fourth-order valence-electron chi connectivity index (χ4n) is 14.9. The fraction of sp³-hybridized carbons (Fsp3) is 1.00. The highest BCUT2D eigenvalue weighted by Crippen LogP contribution is 2.63. The van der Waals surface area contributed by atoms with Crippen LogP contribution in [0.3, 0.4) is 0 Å². The van der Waals surface area contributed by atoms with Gasteiger partial charge in [-0.1, -0.05) is 135 Å². The molecule has 6 bridgehead atoms. The summed E-state index contributed by atoms with van der Waals surface area (Å²) in [6, 6.07) is 0. The highest BCUT2D eigenvalue weighted by Gasteiger charge is 2.86. The first-order valence-corrected chi connectivity index (χ1v) is 43.1. The van der Waals surface area contributed by atoms with Crippen LogP contribution >= 0.6 is 0 Å². The van der Waals surface area contributed by atoms with E-state index in [0.29, 0.717) is 13.2 Å². The third kappa shape index (κ3) is 9.81. The second-order valence-electron chi connectivity index (χ2n) is 23.1. The van der Waals surface area contributed by atoms with Gasteiger partial charge in [-0.3, -0.25) is 0 Å². The van der Waals surface area contributed by atoms with Gasteiger partial charge in [0.2, 0.25) is 0 Å². The van der Waals surface area contributed by atoms with E-state index in [1.54, 1.807) is 0 Å². The van der Waals surface area contributed by atoms with Crippen LogP contribution in [0.1, 0.15) is 239 Å². The maximum atomic E-state index is 14.4. The smallest absolute Gasteiger partial charge is 0.390 e. The van der Waals surface area contributed by atoms with E-state index < -0.39 is 70.7 Å². The Hall–Kier alpha value is 1.18. The molecule has 4 heterocycles. The molecule has 11 aliphatic rings. The summed E-state index contributed by atoms with van der Waals surface area (Å²) in [6.45, 7) is 4.63. The Kier molecular flexibility index (Phi) is 16.1. The van der Waals surface area contributed by atoms with Crippen LogP contribution in [0.15, 0.2) is 0 Å². The zero-order valence-corrected chi connectivity index (χ0v) is 50.0. The van der Waals surface area contributed by atoms with Gasteiger partial charge < -0.3 is 58.9 Å². The number of rotatable bonds is 11. The average molecular weight is 1090 g/mol. The van der Waals surface area contributed by atoms with Crippen LogP contribution in [0.25, 0.3) is 0 Å². The van der Waals surface area contributed by atoms with Gasteiger partial charge in [0.25, 0.3) is 0 Å². The molecule has 0 aromatic heterocycles. The molecule has 4 unspecified atom stereocenters. The summed E-state index contributed by atoms with van der Waals surface area (Å²) in [6.07, 6.45) is 34.8. The average Bonchev–Trinajstić information content (AvgIpc) is 3.36. The zero-order chi connectivity index (χ0) is 46.4. The molecule has 4 atom stereocenters. The number of hydrogen-bond acceptors (Lipinski definition) is 14. The van der Waals surface area contributed by atoms with E-state index >= 15 is 0 Å². The van der Waals surface area contributed by atoms with Crippen molar-refractivity contribution < 1.29 is 58.9 Å². The summed E-state index contributed by atoms with van der Waals surface area (Å²) in [5.74, 6) is 0. The maximum Gasteiger partial charge on any atom is 0.664 e. The minimum absolute atomic E-state index is 0.0374. The standard InChI is InChI=1S/C46H88O14Si8/c1-3-48-68(49-4-2)59-66(45-36-22-10-23-37-45)54-62(41-28-14-6-15-29-41)50-61(47,40-26-12-5-13-27-40)51-63(42-30-16-7-17-31-42)53-64(52-62,43-32-18-8-19-33-43)56-65(57-66,44-34-20-9-21-35-44)58-67(55-63,60-68)46-38-24-11-25-39-46/h40-47H,3-39H2,1-2H3. The summed E-state index contributed by atoms with van der Waals surface area (Å²) < 4.78 is 107. The van der Waals surface area contributed by atoms with Crippen molar-refractivity contribution >= 4 is 70.7 Å². The van der Waals surface area contributed by atoms with E-state index in [9.17, 15) is 4.80 Å². The van der Waals surface area contributed by atoms with E-state index in [-0.39, 0.29) is 38.8 Å². The molecule has 7 aliphatic carbocycles. The van der Waals surface area contributed by atoms with Crippen molar-refractivity contribution in [3.63, 3.8) is 0 Å². The topological polar surface area (TPSA) is 140 Å². The molecule has 7 saturated carbocycles. The van der Waals surface area contributed by atoms with Gasteiger partial charge in [0.1, 0.15) is 0 Å². The SMILES string of the molecule is CCO[Si]1(OCC)O[Si]2(C3CCCCC3)O[Si]3(C4CCCCC4)O[Si](O)(C4CCCCC4)O[Si]4(C5CCCCC5)O[Si](C5CCCCC5)(O1)O[Si](C1CCCCC1)(O2)O[Si](C1CCCCC1)(O3)O4. The molecule has 388 valence electrons. The highest BCUT2D eigenvalue weighted by molar-refractivity contribution is 7.01. The molecule has 0 amide bonds. The fourth-order valence-corrected chi connectivity index (χ4v) is 65.8. The van der Waals surface area contributed by atoms with Gasteiger partial charge in [0, 0.05) is 52.0 Å². The van der Waals surface area contributed by atoms with Crippen molar-refractivity contribution in [2.45, 2.75) is 277 Å². The van der Waals surface area contributed by atoms with E-state index in [4.69, 9.17) is 54.1 Å². The minimum Gasteiger partial charge on any atom is -0.390 e. The van der Waals surface area contributed by atoms with Crippen molar-refractivity contribution in [3.05, 3.63) is 0 Å². The van der Waals surface area contributed by atoms with Crippen LogP contribution in [0.5, 0.6) is 0 Å². The van der Waals surface area contributed by atoms with Crippen molar-refractivity contribution in [2.75, 3.05) is 13.2 Å². The number of hydrogen-bond donors (Lipinski definition) is 1. The van der Waals surface area contributed by atoms with E-state index in [1.165, 1.54) is 12.8 Å². The van der Waals surface area contributed by atoms with Crippen LogP contribution < -0.4 is 0 Å². The highest BCUT2D eigenvalue weighted by atomic mass is 28.6. The Bertz CT molecular complexity index is 1590. The zero-order valence-electron chi connectivity index (χ0n) is 42.0. The monoisotopic (exact) mass is 1090 g/mol. The molecule has 11 rings (SSSR count). The van der Waals surface area contributed by atoms with Crippen molar-refractivity contribution in [1.29, 1.82) is 0 Å². The summed E-state index contributed by atoms with van der Waals surface area (Å²) in [5, 5.41) is 0. The minimum atomic E-state index is -4.37. The normalized spacial score (nSPS) is 43.8. The Labute approximate surface area is 417 Å². The lowest BCUT2D eigenvalue weighted by Gasteiger charge is -2.65. The van der Waals surface area contributed by atoms with Gasteiger partial charge >= 0.3 is 70.7 Å². The lowest BCUT2D eigenvalue weighted by molar-refractivity contribution is -0.0575. The van der Waals surface area contributed by atoms with Gasteiger partial charge in [-0.05, 0) is 104 Å². The molecule has 0 radical (unpaired) electrons. The molecule has 0 aromatic carbocycles. The van der Waals surface area contributed by atoms with Crippen molar-refractivity contribution in [1.82, 2.24) is 0 Å². The lowest BCUT2D eigenvalue weighted by Crippen LogP contribution is -2.88. The van der Waals surface area contributed by atoms with Crippen molar-refractivity contribution in [2.24, 2.45) is 0 Å². The van der Waals surface area contributed by atoms with Gasteiger partial charge in [0.15, 0.2) is 0 Å². The second kappa shape index (κ2) is 21.3. The molecule has 4 saturated heterocycles. The van der Waals surface area contributed by atoms with E-state index in [0.717, 1.165) is 212 Å². The van der Waals surface area contributed by atoms with Crippen LogP contribution in [0.2, 0.25) is 38.8 Å². The second-order valence-corrected chi connectivity index (χ2v) is 47.9. The first-order chi connectivity index (χ1) is 33.1. The summed E-state index contributed by atoms with van der Waals surface area (Å²) in [4.78, 5) is 14.4. The predicted molar refractivity (Wildman–Crippen MR) is 271 cm³/mol. The third-order valence-corrected chi connectivity index (χ3v) is 55.7. The Morgan fingerprint density at radius 1 is 0.279 bits per heavy atom. The van der Waals surface area contributed by atoms with E-state index in [2.05, 4.69) is 0 Å². The summed E-state index contributed by atoms with van der Waals surface area (Å²) >= 11 is 0.